The number of hydrogen-bond acceptors (Lipinski definition) is 5. The summed E-state index contributed by atoms with van der Waals surface area (Å²) in [4.78, 5) is 28.3. The van der Waals surface area contributed by atoms with Crippen molar-refractivity contribution < 1.29 is 19.4 Å². The lowest BCUT2D eigenvalue weighted by atomic mass is 9.97. The third kappa shape index (κ3) is 2.59. The molecule has 2 aromatic heterocycles. The van der Waals surface area contributed by atoms with Crippen molar-refractivity contribution in [2.75, 3.05) is 0 Å². The zero-order valence-electron chi connectivity index (χ0n) is 14.1. The summed E-state index contributed by atoms with van der Waals surface area (Å²) < 4.78 is 5.92. The van der Waals surface area contributed by atoms with E-state index < -0.39 is 12.1 Å². The third-order valence-corrected chi connectivity index (χ3v) is 4.90. The highest BCUT2D eigenvalue weighted by Gasteiger charge is 2.35. The molecule has 6 heteroatoms. The molecule has 0 amide bonds. The van der Waals surface area contributed by atoms with Crippen LogP contribution in [-0.4, -0.2) is 21.2 Å². The highest BCUT2D eigenvalue weighted by atomic mass is 16.4. The maximum atomic E-state index is 12.8. The Balaban J connectivity index is 1.82. The first-order valence-electron chi connectivity index (χ1n) is 8.40. The Hall–Kier alpha value is -2.99. The molecule has 0 saturated heterocycles. The Morgan fingerprint density at radius 3 is 2.85 bits per heavy atom. The van der Waals surface area contributed by atoms with Gasteiger partial charge in [-0.15, -0.1) is 0 Å². The van der Waals surface area contributed by atoms with Crippen molar-refractivity contribution >= 4 is 16.9 Å². The van der Waals surface area contributed by atoms with E-state index in [0.717, 1.165) is 5.69 Å². The number of aromatic nitrogens is 1. The number of aryl methyl sites for hydroxylation is 1. The van der Waals surface area contributed by atoms with Gasteiger partial charge in [0.1, 0.15) is 17.4 Å². The lowest BCUT2D eigenvalue weighted by Gasteiger charge is -2.18. The summed E-state index contributed by atoms with van der Waals surface area (Å²) >= 11 is 0. The fourth-order valence-electron chi connectivity index (χ4n) is 3.59. The lowest BCUT2D eigenvalue weighted by molar-refractivity contribution is 0.0697. The monoisotopic (exact) mass is 351 g/mol. The Bertz CT molecular complexity index is 1090. The smallest absolute Gasteiger partial charge is 0.335 e. The summed E-state index contributed by atoms with van der Waals surface area (Å²) in [5.74, 6) is -0.970. The number of hydrogen-bond donors (Lipinski definition) is 2. The van der Waals surface area contributed by atoms with Crippen LogP contribution in [0.4, 0.5) is 0 Å². The van der Waals surface area contributed by atoms with Crippen molar-refractivity contribution in [3.05, 3.63) is 74.9 Å². The molecule has 1 aromatic carbocycles. The lowest BCUT2D eigenvalue weighted by Crippen LogP contribution is -2.13. The first kappa shape index (κ1) is 16.5. The van der Waals surface area contributed by atoms with Crippen molar-refractivity contribution in [3.63, 3.8) is 0 Å². The highest BCUT2D eigenvalue weighted by molar-refractivity contribution is 5.92. The van der Waals surface area contributed by atoms with Gasteiger partial charge in [0.15, 0.2) is 5.43 Å². The summed E-state index contributed by atoms with van der Waals surface area (Å²) in [5.41, 5.74) is 2.01. The predicted octanol–water partition coefficient (Wildman–Crippen LogP) is 2.96. The van der Waals surface area contributed by atoms with Gasteiger partial charge in [-0.05, 0) is 50.1 Å². The van der Waals surface area contributed by atoms with Crippen LogP contribution in [0.1, 0.15) is 51.5 Å². The van der Waals surface area contributed by atoms with Crippen LogP contribution < -0.4 is 5.43 Å². The molecule has 0 bridgehead atoms. The van der Waals surface area contributed by atoms with Crippen LogP contribution in [0, 0.1) is 6.92 Å². The molecule has 2 unspecified atom stereocenters. The second-order valence-corrected chi connectivity index (χ2v) is 6.58. The van der Waals surface area contributed by atoms with Gasteiger partial charge in [0.05, 0.1) is 16.6 Å². The molecule has 0 spiro atoms. The van der Waals surface area contributed by atoms with Gasteiger partial charge >= 0.3 is 5.97 Å². The number of aliphatic hydroxyl groups excluding tert-OH is 1. The van der Waals surface area contributed by atoms with Crippen LogP contribution in [0.15, 0.2) is 45.6 Å². The second kappa shape index (κ2) is 6.07. The third-order valence-electron chi connectivity index (χ3n) is 4.90. The van der Waals surface area contributed by atoms with Gasteiger partial charge in [-0.3, -0.25) is 9.78 Å². The maximum Gasteiger partial charge on any atom is 0.335 e. The number of fused-ring (bicyclic) bond motifs is 2. The van der Waals surface area contributed by atoms with E-state index in [4.69, 9.17) is 9.52 Å². The number of aromatic carboxylic acids is 1. The number of aliphatic hydroxyl groups is 1. The summed E-state index contributed by atoms with van der Waals surface area (Å²) in [7, 11) is 0. The van der Waals surface area contributed by atoms with Crippen LogP contribution in [-0.2, 0) is 6.42 Å². The molecule has 26 heavy (non-hydrogen) atoms. The van der Waals surface area contributed by atoms with Gasteiger partial charge in [-0.2, -0.15) is 0 Å². The van der Waals surface area contributed by atoms with E-state index in [0.29, 0.717) is 35.4 Å². The van der Waals surface area contributed by atoms with E-state index in [2.05, 4.69) is 4.98 Å². The molecule has 3 aromatic rings. The number of benzene rings is 1. The molecule has 1 aliphatic rings. The van der Waals surface area contributed by atoms with Crippen LogP contribution in [0.3, 0.4) is 0 Å². The van der Waals surface area contributed by atoms with Gasteiger partial charge in [0.25, 0.3) is 0 Å². The Morgan fingerprint density at radius 1 is 1.31 bits per heavy atom. The van der Waals surface area contributed by atoms with Gasteiger partial charge in [-0.1, -0.05) is 6.07 Å². The molecular formula is C20H17NO5. The van der Waals surface area contributed by atoms with E-state index in [1.165, 1.54) is 18.2 Å². The first-order chi connectivity index (χ1) is 12.5. The summed E-state index contributed by atoms with van der Waals surface area (Å²) in [6.07, 6.45) is 0.195. The molecule has 0 aliphatic heterocycles. The van der Waals surface area contributed by atoms with Crippen LogP contribution >= 0.6 is 0 Å². The maximum absolute atomic E-state index is 12.8. The van der Waals surface area contributed by atoms with E-state index >= 15 is 0 Å². The average Bonchev–Trinajstić information content (AvgIpc) is 3.05. The fraction of sp³-hybridized carbons (Fsp3) is 0.250. The van der Waals surface area contributed by atoms with Crippen LogP contribution in [0.5, 0.6) is 0 Å². The van der Waals surface area contributed by atoms with Crippen LogP contribution in [0.25, 0.3) is 11.0 Å². The van der Waals surface area contributed by atoms with E-state index in [1.54, 1.807) is 6.07 Å². The Morgan fingerprint density at radius 2 is 2.12 bits per heavy atom. The van der Waals surface area contributed by atoms with Crippen molar-refractivity contribution in [2.24, 2.45) is 0 Å². The summed E-state index contributed by atoms with van der Waals surface area (Å²) in [5, 5.41) is 20.1. The standard InChI is InChI=1S/C20H17NO5/c1-10-3-2-4-15(21-10)18(23)13-7-6-12-17(22)14-9-11(20(24)25)5-8-16(14)26-19(12)13/h2-5,8-9,13,18,23H,6-7H2,1H3,(H,24,25). The van der Waals surface area contributed by atoms with Gasteiger partial charge in [-0.25, -0.2) is 4.79 Å². The Kier molecular flexibility index (Phi) is 3.85. The second-order valence-electron chi connectivity index (χ2n) is 6.58. The van der Waals surface area contributed by atoms with Crippen molar-refractivity contribution in [2.45, 2.75) is 31.8 Å². The number of nitrogens with zero attached hydrogens (tertiary/aromatic N) is 1. The molecule has 0 fully saturated rings. The molecule has 6 nitrogen and oxygen atoms in total. The largest absolute Gasteiger partial charge is 0.478 e. The van der Waals surface area contributed by atoms with Crippen molar-refractivity contribution in [1.82, 2.24) is 4.98 Å². The summed E-state index contributed by atoms with van der Waals surface area (Å²) in [6, 6.07) is 9.69. The number of pyridine rings is 1. The van der Waals surface area contributed by atoms with E-state index in [-0.39, 0.29) is 22.3 Å². The molecule has 2 atom stereocenters. The Labute approximate surface area is 148 Å². The number of carbonyl (C=O) groups is 1. The minimum absolute atomic E-state index is 0.0447. The minimum Gasteiger partial charge on any atom is -0.478 e. The predicted molar refractivity (Wildman–Crippen MR) is 94.4 cm³/mol. The quantitative estimate of drug-likeness (QED) is 0.752. The van der Waals surface area contributed by atoms with Gasteiger partial charge in [0.2, 0.25) is 0 Å². The average molecular weight is 351 g/mol. The number of carboxylic acids is 1. The minimum atomic E-state index is -1.09. The zero-order chi connectivity index (χ0) is 18.4. The van der Waals surface area contributed by atoms with E-state index in [1.807, 2.05) is 19.1 Å². The molecular weight excluding hydrogens is 334 g/mol. The fourth-order valence-corrected chi connectivity index (χ4v) is 3.59. The highest BCUT2D eigenvalue weighted by Crippen LogP contribution is 2.41. The zero-order valence-corrected chi connectivity index (χ0v) is 14.1. The molecule has 2 N–H and O–H groups in total. The van der Waals surface area contributed by atoms with Gasteiger partial charge < -0.3 is 14.6 Å². The molecule has 0 radical (unpaired) electrons. The van der Waals surface area contributed by atoms with Crippen LogP contribution in [0.2, 0.25) is 0 Å². The molecule has 0 saturated carbocycles. The molecule has 1 aliphatic carbocycles. The van der Waals surface area contributed by atoms with Crippen molar-refractivity contribution in [3.8, 4) is 0 Å². The molecule has 4 rings (SSSR count). The topological polar surface area (TPSA) is 101 Å². The molecule has 2 heterocycles. The summed E-state index contributed by atoms with van der Waals surface area (Å²) in [6.45, 7) is 1.85. The van der Waals surface area contributed by atoms with E-state index in [9.17, 15) is 14.7 Å². The van der Waals surface area contributed by atoms with Crippen molar-refractivity contribution in [1.29, 1.82) is 0 Å². The van der Waals surface area contributed by atoms with Gasteiger partial charge in [0, 0.05) is 17.2 Å². The first-order valence-corrected chi connectivity index (χ1v) is 8.40. The number of carboxylic acid groups (broad SMARTS) is 1. The SMILES string of the molecule is Cc1cccc(C(O)C2CCc3c2oc2ccc(C(=O)O)cc2c3=O)n1. The normalized spacial score (nSPS) is 17.2. The molecule has 132 valence electrons. The number of rotatable bonds is 3.